The van der Waals surface area contributed by atoms with Crippen LogP contribution in [-0.2, 0) is 11.3 Å². The van der Waals surface area contributed by atoms with Crippen LogP contribution in [0.5, 0.6) is 0 Å². The van der Waals surface area contributed by atoms with Gasteiger partial charge < -0.3 is 9.88 Å². The number of aromatic nitrogens is 1. The molecule has 0 bridgehead atoms. The van der Waals surface area contributed by atoms with Crippen LogP contribution in [0.3, 0.4) is 0 Å². The number of nitrogens with one attached hydrogen (secondary N) is 1. The Labute approximate surface area is 177 Å². The Bertz CT molecular complexity index is 1140. The molecule has 0 radical (unpaired) electrons. The second-order valence-electron chi connectivity index (χ2n) is 8.64. The van der Waals surface area contributed by atoms with Crippen LogP contribution in [0.25, 0.3) is 10.9 Å². The smallest absolute Gasteiger partial charge is 0.253 e. The Balaban J connectivity index is 1.77. The van der Waals surface area contributed by atoms with Gasteiger partial charge in [0.2, 0.25) is 5.91 Å². The summed E-state index contributed by atoms with van der Waals surface area (Å²) >= 11 is 0. The molecule has 4 nitrogen and oxygen atoms in total. The summed E-state index contributed by atoms with van der Waals surface area (Å²) in [6.45, 7) is 6.40. The van der Waals surface area contributed by atoms with E-state index >= 15 is 0 Å². The van der Waals surface area contributed by atoms with E-state index in [4.69, 9.17) is 0 Å². The predicted octanol–water partition coefficient (Wildman–Crippen LogP) is 5.57. The second-order valence-corrected chi connectivity index (χ2v) is 8.64. The molecule has 1 amide bonds. The highest BCUT2D eigenvalue weighted by atomic mass is 16.2. The molecule has 1 aliphatic rings. The van der Waals surface area contributed by atoms with Gasteiger partial charge in [0.05, 0.1) is 12.1 Å². The largest absolute Gasteiger partial charge is 0.321 e. The van der Waals surface area contributed by atoms with E-state index in [-0.39, 0.29) is 17.4 Å². The van der Waals surface area contributed by atoms with E-state index in [2.05, 4.69) is 24.9 Å². The number of benzene rings is 2. The van der Waals surface area contributed by atoms with Crippen molar-refractivity contribution in [3.05, 3.63) is 75.1 Å². The fraction of sp³-hybridized carbons (Fsp3) is 0.385. The molecular formula is C26H30N2O2. The molecule has 1 N–H and O–H groups in total. The van der Waals surface area contributed by atoms with Crippen molar-refractivity contribution < 1.29 is 4.79 Å². The molecule has 1 saturated carbocycles. The number of aromatic amines is 1. The number of fused-ring (bicyclic) bond motifs is 1. The Kier molecular flexibility index (Phi) is 5.76. The lowest BCUT2D eigenvalue weighted by molar-refractivity contribution is -0.123. The van der Waals surface area contributed by atoms with Crippen molar-refractivity contribution in [3.8, 4) is 0 Å². The molecule has 4 heteroatoms. The topological polar surface area (TPSA) is 53.2 Å². The van der Waals surface area contributed by atoms with Gasteiger partial charge in [-0.2, -0.15) is 0 Å². The number of hydrogen-bond donors (Lipinski definition) is 1. The van der Waals surface area contributed by atoms with Gasteiger partial charge in [-0.25, -0.2) is 0 Å². The lowest BCUT2D eigenvalue weighted by Gasteiger charge is -2.31. The SMILES string of the molecule is Cc1cccc(N(Cc2cc3cccc(C)c3[nH]c2=O)C(=O)C2CCCCC2)c1C. The Morgan fingerprint density at radius 2 is 1.70 bits per heavy atom. The Morgan fingerprint density at radius 1 is 1.00 bits per heavy atom. The number of carbonyl (C=O) groups is 1. The van der Waals surface area contributed by atoms with Gasteiger partial charge in [0.1, 0.15) is 0 Å². The number of rotatable bonds is 4. The molecule has 1 fully saturated rings. The molecule has 4 rings (SSSR count). The number of anilines is 1. The van der Waals surface area contributed by atoms with Crippen molar-refractivity contribution >= 4 is 22.5 Å². The third-order valence-electron chi connectivity index (χ3n) is 6.58. The standard InChI is InChI=1S/C26H30N2O2/c1-17-9-8-14-23(19(17)3)28(26(30)20-11-5-4-6-12-20)16-22-15-21-13-7-10-18(2)24(21)27-25(22)29/h7-10,13-15,20H,4-6,11-12,16H2,1-3H3,(H,27,29). The molecule has 2 aromatic carbocycles. The zero-order chi connectivity index (χ0) is 21.3. The van der Waals surface area contributed by atoms with Gasteiger partial charge in [0.25, 0.3) is 5.56 Å². The van der Waals surface area contributed by atoms with Crippen LogP contribution in [0.2, 0.25) is 0 Å². The molecule has 0 atom stereocenters. The van der Waals surface area contributed by atoms with Gasteiger partial charge in [0, 0.05) is 17.2 Å². The van der Waals surface area contributed by atoms with Crippen molar-refractivity contribution in [1.29, 1.82) is 0 Å². The summed E-state index contributed by atoms with van der Waals surface area (Å²) in [5, 5.41) is 0.996. The number of hydrogen-bond acceptors (Lipinski definition) is 2. The number of carbonyl (C=O) groups excluding carboxylic acids is 1. The molecule has 0 unspecified atom stereocenters. The lowest BCUT2D eigenvalue weighted by Crippen LogP contribution is -2.38. The number of aryl methyl sites for hydroxylation is 2. The van der Waals surface area contributed by atoms with Gasteiger partial charge in [-0.3, -0.25) is 9.59 Å². The maximum atomic E-state index is 13.6. The van der Waals surface area contributed by atoms with E-state index in [1.54, 1.807) is 0 Å². The maximum Gasteiger partial charge on any atom is 0.253 e. The number of para-hydroxylation sites is 1. The summed E-state index contributed by atoms with van der Waals surface area (Å²) < 4.78 is 0. The van der Waals surface area contributed by atoms with Crippen molar-refractivity contribution in [2.75, 3.05) is 4.90 Å². The molecule has 30 heavy (non-hydrogen) atoms. The van der Waals surface area contributed by atoms with Crippen LogP contribution in [0.1, 0.15) is 54.4 Å². The van der Waals surface area contributed by atoms with Crippen molar-refractivity contribution in [3.63, 3.8) is 0 Å². The zero-order valence-corrected chi connectivity index (χ0v) is 18.1. The minimum atomic E-state index is -0.122. The highest BCUT2D eigenvalue weighted by molar-refractivity contribution is 5.96. The van der Waals surface area contributed by atoms with Crippen molar-refractivity contribution in [2.24, 2.45) is 5.92 Å². The van der Waals surface area contributed by atoms with E-state index < -0.39 is 0 Å². The van der Waals surface area contributed by atoms with Crippen LogP contribution in [0.4, 0.5) is 5.69 Å². The van der Waals surface area contributed by atoms with Crippen molar-refractivity contribution in [2.45, 2.75) is 59.4 Å². The number of nitrogens with zero attached hydrogens (tertiary/aromatic N) is 1. The Morgan fingerprint density at radius 3 is 2.47 bits per heavy atom. The van der Waals surface area contributed by atoms with Gasteiger partial charge in [-0.05, 0) is 67.8 Å². The highest BCUT2D eigenvalue weighted by Crippen LogP contribution is 2.31. The van der Waals surface area contributed by atoms with Gasteiger partial charge in [-0.15, -0.1) is 0 Å². The first-order valence-corrected chi connectivity index (χ1v) is 10.9. The average molecular weight is 403 g/mol. The average Bonchev–Trinajstić information content (AvgIpc) is 2.75. The van der Waals surface area contributed by atoms with Gasteiger partial charge in [-0.1, -0.05) is 49.6 Å². The molecular weight excluding hydrogens is 372 g/mol. The van der Waals surface area contributed by atoms with Crippen LogP contribution < -0.4 is 10.5 Å². The summed E-state index contributed by atoms with van der Waals surface area (Å²) in [6, 6.07) is 14.0. The fourth-order valence-electron chi connectivity index (χ4n) is 4.60. The summed E-state index contributed by atoms with van der Waals surface area (Å²) in [4.78, 5) is 31.4. The number of H-pyrrole nitrogens is 1. The van der Waals surface area contributed by atoms with E-state index in [0.29, 0.717) is 12.1 Å². The fourth-order valence-corrected chi connectivity index (χ4v) is 4.60. The lowest BCUT2D eigenvalue weighted by atomic mass is 9.88. The molecule has 1 aromatic heterocycles. The quantitative estimate of drug-likeness (QED) is 0.620. The first kappa shape index (κ1) is 20.4. The third kappa shape index (κ3) is 3.91. The van der Waals surface area contributed by atoms with E-state index in [9.17, 15) is 9.59 Å². The molecule has 0 spiro atoms. The first-order valence-electron chi connectivity index (χ1n) is 10.9. The number of pyridine rings is 1. The minimum Gasteiger partial charge on any atom is -0.321 e. The van der Waals surface area contributed by atoms with E-state index in [1.165, 1.54) is 6.42 Å². The summed E-state index contributed by atoms with van der Waals surface area (Å²) in [6.07, 6.45) is 5.29. The van der Waals surface area contributed by atoms with Gasteiger partial charge in [0.15, 0.2) is 0 Å². The predicted molar refractivity (Wildman–Crippen MR) is 123 cm³/mol. The first-order chi connectivity index (χ1) is 14.5. The third-order valence-corrected chi connectivity index (χ3v) is 6.58. The monoisotopic (exact) mass is 402 g/mol. The molecule has 0 aliphatic heterocycles. The van der Waals surface area contributed by atoms with Gasteiger partial charge >= 0.3 is 0 Å². The van der Waals surface area contributed by atoms with Crippen LogP contribution in [0.15, 0.2) is 47.3 Å². The number of amides is 1. The normalized spacial score (nSPS) is 14.8. The summed E-state index contributed by atoms with van der Waals surface area (Å²) in [5.74, 6) is 0.188. The van der Waals surface area contributed by atoms with Crippen LogP contribution >= 0.6 is 0 Å². The summed E-state index contributed by atoms with van der Waals surface area (Å²) in [5.41, 5.74) is 5.56. The molecule has 3 aromatic rings. The van der Waals surface area contributed by atoms with E-state index in [1.807, 2.05) is 48.2 Å². The second kappa shape index (κ2) is 8.47. The maximum absolute atomic E-state index is 13.6. The summed E-state index contributed by atoms with van der Waals surface area (Å²) in [7, 11) is 0. The molecule has 0 saturated heterocycles. The van der Waals surface area contributed by atoms with Crippen LogP contribution in [0, 0.1) is 26.7 Å². The van der Waals surface area contributed by atoms with E-state index in [0.717, 1.165) is 59.0 Å². The van der Waals surface area contributed by atoms with Crippen molar-refractivity contribution in [1.82, 2.24) is 4.98 Å². The molecule has 1 heterocycles. The van der Waals surface area contributed by atoms with Crippen LogP contribution in [-0.4, -0.2) is 10.9 Å². The molecule has 1 aliphatic carbocycles. The minimum absolute atomic E-state index is 0.0421. The molecule has 156 valence electrons. The highest BCUT2D eigenvalue weighted by Gasteiger charge is 2.28. The Hall–Kier alpha value is -2.88. The zero-order valence-electron chi connectivity index (χ0n) is 18.1.